The maximum absolute atomic E-state index is 12.9. The molecule has 2 atom stereocenters. The number of aryl methyl sites for hydroxylation is 4. The van der Waals surface area contributed by atoms with Crippen LogP contribution in [0.3, 0.4) is 0 Å². The molecule has 2 aromatic rings. The molecule has 1 aliphatic carbocycles. The molecule has 1 N–H and O–H groups in total. The fourth-order valence-corrected chi connectivity index (χ4v) is 4.14. The maximum Gasteiger partial charge on any atom is 0.261 e. The number of hydrogen-bond donors (Lipinski definition) is 1. The SMILES string of the molecule is CCC(Oc1cc(C)cc(C)c1)C(=O)NC(CC)c1ccc2c(c1)CCCC2. The molecule has 28 heavy (non-hydrogen) atoms. The lowest BCUT2D eigenvalue weighted by molar-refractivity contribution is -0.128. The Morgan fingerprint density at radius 2 is 1.64 bits per heavy atom. The zero-order chi connectivity index (χ0) is 20.1. The topological polar surface area (TPSA) is 38.3 Å². The van der Waals surface area contributed by atoms with Crippen LogP contribution in [0.25, 0.3) is 0 Å². The van der Waals surface area contributed by atoms with Crippen molar-refractivity contribution in [2.75, 3.05) is 0 Å². The van der Waals surface area contributed by atoms with Crippen LogP contribution in [0.1, 0.15) is 73.4 Å². The van der Waals surface area contributed by atoms with Gasteiger partial charge in [-0.15, -0.1) is 0 Å². The second-order valence-corrected chi connectivity index (χ2v) is 8.04. The molecule has 1 amide bonds. The molecule has 0 aliphatic heterocycles. The highest BCUT2D eigenvalue weighted by Crippen LogP contribution is 2.26. The minimum Gasteiger partial charge on any atom is -0.481 e. The number of hydrogen-bond acceptors (Lipinski definition) is 2. The molecule has 0 radical (unpaired) electrons. The number of carbonyl (C=O) groups is 1. The molecule has 2 aromatic carbocycles. The molecule has 0 bridgehead atoms. The van der Waals surface area contributed by atoms with Gasteiger partial charge in [-0.3, -0.25) is 4.79 Å². The molecular weight excluding hydrogens is 346 g/mol. The summed E-state index contributed by atoms with van der Waals surface area (Å²) in [7, 11) is 0. The minimum absolute atomic E-state index is 0.0247. The van der Waals surface area contributed by atoms with E-state index in [9.17, 15) is 4.79 Å². The van der Waals surface area contributed by atoms with Crippen LogP contribution in [0, 0.1) is 13.8 Å². The van der Waals surface area contributed by atoms with Gasteiger partial charge in [-0.25, -0.2) is 0 Å². The second-order valence-electron chi connectivity index (χ2n) is 8.04. The largest absolute Gasteiger partial charge is 0.481 e. The van der Waals surface area contributed by atoms with Crippen LogP contribution in [0.5, 0.6) is 5.75 Å². The van der Waals surface area contributed by atoms with Crippen molar-refractivity contribution >= 4 is 5.91 Å². The third-order valence-corrected chi connectivity index (χ3v) is 5.64. The van der Waals surface area contributed by atoms with Gasteiger partial charge in [-0.2, -0.15) is 0 Å². The molecule has 2 unspecified atom stereocenters. The monoisotopic (exact) mass is 379 g/mol. The van der Waals surface area contributed by atoms with Gasteiger partial charge in [0.1, 0.15) is 5.75 Å². The molecule has 0 aromatic heterocycles. The van der Waals surface area contributed by atoms with Crippen LogP contribution >= 0.6 is 0 Å². The standard InChI is InChI=1S/C25H33NO2/c1-5-23(21-12-11-19-9-7-8-10-20(19)16-21)26-25(27)24(6-2)28-22-14-17(3)13-18(4)15-22/h11-16,23-24H,5-10H2,1-4H3,(H,26,27). The van der Waals surface area contributed by atoms with E-state index in [1.807, 2.05) is 32.9 Å². The maximum atomic E-state index is 12.9. The number of amides is 1. The molecular formula is C25H33NO2. The van der Waals surface area contributed by atoms with Crippen LogP contribution in [0.2, 0.25) is 0 Å². The first kappa shape index (κ1) is 20.4. The van der Waals surface area contributed by atoms with Crippen LogP contribution in [0.4, 0.5) is 0 Å². The first-order chi connectivity index (χ1) is 13.5. The third kappa shape index (κ3) is 4.95. The fraction of sp³-hybridized carbons (Fsp3) is 0.480. The predicted molar refractivity (Wildman–Crippen MR) is 115 cm³/mol. The van der Waals surface area contributed by atoms with Gasteiger partial charge in [0.05, 0.1) is 6.04 Å². The third-order valence-electron chi connectivity index (χ3n) is 5.64. The number of ether oxygens (including phenoxy) is 1. The number of benzene rings is 2. The molecule has 3 heteroatoms. The first-order valence-electron chi connectivity index (χ1n) is 10.7. The molecule has 0 spiro atoms. The molecule has 0 saturated carbocycles. The summed E-state index contributed by atoms with van der Waals surface area (Å²) in [6, 6.07) is 12.8. The summed E-state index contributed by atoms with van der Waals surface area (Å²) < 4.78 is 6.05. The van der Waals surface area contributed by atoms with E-state index in [1.54, 1.807) is 0 Å². The van der Waals surface area contributed by atoms with E-state index in [1.165, 1.54) is 36.0 Å². The van der Waals surface area contributed by atoms with Gasteiger partial charge in [0.2, 0.25) is 0 Å². The van der Waals surface area contributed by atoms with Crippen molar-refractivity contribution in [2.45, 2.75) is 78.4 Å². The fourth-order valence-electron chi connectivity index (χ4n) is 4.14. The van der Waals surface area contributed by atoms with Gasteiger partial charge >= 0.3 is 0 Å². The Kier molecular flexibility index (Phi) is 6.77. The Morgan fingerprint density at radius 3 is 2.29 bits per heavy atom. The highest BCUT2D eigenvalue weighted by atomic mass is 16.5. The average Bonchev–Trinajstić information content (AvgIpc) is 2.69. The van der Waals surface area contributed by atoms with Crippen LogP contribution in [0.15, 0.2) is 36.4 Å². The number of carbonyl (C=O) groups excluding carboxylic acids is 1. The molecule has 0 fully saturated rings. The Hall–Kier alpha value is -2.29. The van der Waals surface area contributed by atoms with Crippen LogP contribution < -0.4 is 10.1 Å². The highest BCUT2D eigenvalue weighted by molar-refractivity contribution is 5.81. The van der Waals surface area contributed by atoms with Crippen molar-refractivity contribution in [3.8, 4) is 5.75 Å². The van der Waals surface area contributed by atoms with E-state index < -0.39 is 6.10 Å². The molecule has 0 saturated heterocycles. The van der Waals surface area contributed by atoms with Gasteiger partial charge in [0.15, 0.2) is 6.10 Å². The highest BCUT2D eigenvalue weighted by Gasteiger charge is 2.23. The van der Waals surface area contributed by atoms with E-state index in [0.29, 0.717) is 6.42 Å². The summed E-state index contributed by atoms with van der Waals surface area (Å²) in [4.78, 5) is 12.9. The lowest BCUT2D eigenvalue weighted by atomic mass is 9.88. The number of rotatable bonds is 7. The van der Waals surface area contributed by atoms with E-state index in [4.69, 9.17) is 4.74 Å². The number of nitrogens with one attached hydrogen (secondary N) is 1. The summed E-state index contributed by atoms with van der Waals surface area (Å²) in [5.74, 6) is 0.729. The van der Waals surface area contributed by atoms with Crippen molar-refractivity contribution < 1.29 is 9.53 Å². The van der Waals surface area contributed by atoms with Gasteiger partial charge in [0, 0.05) is 0 Å². The average molecular weight is 380 g/mol. The van der Waals surface area contributed by atoms with Gasteiger partial charge in [0.25, 0.3) is 5.91 Å². The quantitative estimate of drug-likeness (QED) is 0.679. The first-order valence-corrected chi connectivity index (χ1v) is 10.7. The molecule has 3 nitrogen and oxygen atoms in total. The Morgan fingerprint density at radius 1 is 0.964 bits per heavy atom. The second kappa shape index (κ2) is 9.27. The van der Waals surface area contributed by atoms with Crippen LogP contribution in [-0.4, -0.2) is 12.0 Å². The van der Waals surface area contributed by atoms with Crippen molar-refractivity contribution in [1.82, 2.24) is 5.32 Å². The summed E-state index contributed by atoms with van der Waals surface area (Å²) >= 11 is 0. The van der Waals surface area contributed by atoms with E-state index in [2.05, 4.69) is 36.5 Å². The Labute approximate surface area is 169 Å². The minimum atomic E-state index is -0.479. The van der Waals surface area contributed by atoms with Gasteiger partial charge < -0.3 is 10.1 Å². The summed E-state index contributed by atoms with van der Waals surface area (Å²) in [6.07, 6.45) is 5.91. The predicted octanol–water partition coefficient (Wildman–Crippen LogP) is 5.61. The Balaban J connectivity index is 1.71. The van der Waals surface area contributed by atoms with Gasteiger partial charge in [-0.1, -0.05) is 38.1 Å². The van der Waals surface area contributed by atoms with Crippen molar-refractivity contribution in [2.24, 2.45) is 0 Å². The zero-order valence-corrected chi connectivity index (χ0v) is 17.7. The Bertz CT molecular complexity index is 807. The lowest BCUT2D eigenvalue weighted by Crippen LogP contribution is -2.40. The smallest absolute Gasteiger partial charge is 0.261 e. The lowest BCUT2D eigenvalue weighted by Gasteiger charge is -2.24. The van der Waals surface area contributed by atoms with E-state index >= 15 is 0 Å². The summed E-state index contributed by atoms with van der Waals surface area (Å²) in [5.41, 5.74) is 6.42. The zero-order valence-electron chi connectivity index (χ0n) is 17.7. The normalized spacial score (nSPS) is 15.4. The van der Waals surface area contributed by atoms with Gasteiger partial charge in [-0.05, 0) is 92.3 Å². The van der Waals surface area contributed by atoms with Crippen molar-refractivity contribution in [3.63, 3.8) is 0 Å². The number of fused-ring (bicyclic) bond motifs is 1. The van der Waals surface area contributed by atoms with Crippen LogP contribution in [-0.2, 0) is 17.6 Å². The molecule has 1 aliphatic rings. The molecule has 3 rings (SSSR count). The van der Waals surface area contributed by atoms with E-state index in [0.717, 1.165) is 29.7 Å². The molecule has 0 heterocycles. The van der Waals surface area contributed by atoms with E-state index in [-0.39, 0.29) is 11.9 Å². The summed E-state index contributed by atoms with van der Waals surface area (Å²) in [6.45, 7) is 8.21. The van der Waals surface area contributed by atoms with Crippen molar-refractivity contribution in [1.29, 1.82) is 0 Å². The summed E-state index contributed by atoms with van der Waals surface area (Å²) in [5, 5.41) is 3.23. The molecule has 150 valence electrons. The van der Waals surface area contributed by atoms with Crippen molar-refractivity contribution in [3.05, 3.63) is 64.2 Å².